The van der Waals surface area contributed by atoms with Gasteiger partial charge in [0.25, 0.3) is 0 Å². The monoisotopic (exact) mass is 138 g/mol. The molecule has 0 atom stereocenters. The predicted molar refractivity (Wildman–Crippen MR) is 48.1 cm³/mol. The average Bonchev–Trinajstić information content (AvgIpc) is 2.44. The van der Waals surface area contributed by atoms with Gasteiger partial charge in [-0.05, 0) is 6.92 Å². The molecule has 10 heavy (non-hydrogen) atoms. The fourth-order valence-corrected chi connectivity index (χ4v) is 1.02. The van der Waals surface area contributed by atoms with Gasteiger partial charge in [-0.2, -0.15) is 0 Å². The van der Waals surface area contributed by atoms with E-state index in [1.807, 2.05) is 19.1 Å². The molecule has 0 heterocycles. The van der Waals surface area contributed by atoms with Gasteiger partial charge in [0, 0.05) is 0 Å². The summed E-state index contributed by atoms with van der Waals surface area (Å²) in [5.41, 5.74) is 0. The molecule has 0 nitrogen and oxygen atoms in total. The van der Waals surface area contributed by atoms with Crippen LogP contribution in [0.1, 0.15) is 39.0 Å². The molecule has 0 aromatic heterocycles. The number of hydrogen-bond acceptors (Lipinski definition) is 0. The molecule has 1 fully saturated rings. The highest BCUT2D eigenvalue weighted by Gasteiger charge is 1.95. The van der Waals surface area contributed by atoms with Crippen LogP contribution in [0.2, 0.25) is 0 Å². The molecule has 1 saturated carbocycles. The van der Waals surface area contributed by atoms with Crippen LogP contribution in [-0.2, 0) is 0 Å². The molecular formula is C10H18. The van der Waals surface area contributed by atoms with Crippen LogP contribution < -0.4 is 0 Å². The van der Waals surface area contributed by atoms with E-state index in [0.717, 1.165) is 0 Å². The van der Waals surface area contributed by atoms with E-state index in [9.17, 15) is 0 Å². The van der Waals surface area contributed by atoms with Crippen LogP contribution >= 0.6 is 0 Å². The minimum Gasteiger partial charge on any atom is -0.0991 e. The Balaban J connectivity index is 0.000000162. The summed E-state index contributed by atoms with van der Waals surface area (Å²) in [6.07, 6.45) is 13.1. The Labute approximate surface area is 64.6 Å². The highest BCUT2D eigenvalue weighted by Crippen LogP contribution is 2.15. The second-order valence-electron chi connectivity index (χ2n) is 2.53. The van der Waals surface area contributed by atoms with Gasteiger partial charge in [0.05, 0.1) is 0 Å². The summed E-state index contributed by atoms with van der Waals surface area (Å²) >= 11 is 0. The summed E-state index contributed by atoms with van der Waals surface area (Å²) in [6, 6.07) is 0. The Kier molecular flexibility index (Phi) is 8.04. The Morgan fingerprint density at radius 2 is 1.40 bits per heavy atom. The number of allylic oxidation sites excluding steroid dienone is 3. The third-order valence-electron chi connectivity index (χ3n) is 1.58. The molecule has 0 aromatic carbocycles. The third-order valence-corrected chi connectivity index (χ3v) is 1.58. The zero-order valence-corrected chi connectivity index (χ0v) is 6.97. The van der Waals surface area contributed by atoms with Gasteiger partial charge >= 0.3 is 0 Å². The maximum atomic E-state index is 3.46. The number of rotatable bonds is 1. The first-order chi connectivity index (χ1) is 4.91. The van der Waals surface area contributed by atoms with E-state index in [-0.39, 0.29) is 0 Å². The van der Waals surface area contributed by atoms with Crippen LogP contribution in [-0.4, -0.2) is 0 Å². The topological polar surface area (TPSA) is 0 Å². The zero-order valence-electron chi connectivity index (χ0n) is 6.97. The van der Waals surface area contributed by atoms with E-state index < -0.39 is 0 Å². The quantitative estimate of drug-likeness (QED) is 0.485. The largest absolute Gasteiger partial charge is 0.0991 e. The van der Waals surface area contributed by atoms with Gasteiger partial charge in [0.2, 0.25) is 0 Å². The van der Waals surface area contributed by atoms with Crippen molar-refractivity contribution < 1.29 is 0 Å². The molecule has 1 rings (SSSR count). The summed E-state index contributed by atoms with van der Waals surface area (Å²) < 4.78 is 0. The lowest BCUT2D eigenvalue weighted by atomic mass is 10.4. The lowest BCUT2D eigenvalue weighted by Gasteiger charge is -1.67. The SMILES string of the molecule is C1CCCC1.C=CC=CC. The summed E-state index contributed by atoms with van der Waals surface area (Å²) in [5, 5.41) is 0. The first kappa shape index (κ1) is 9.48. The van der Waals surface area contributed by atoms with Crippen LogP contribution in [0.3, 0.4) is 0 Å². The first-order valence-electron chi connectivity index (χ1n) is 4.15. The molecule has 58 valence electrons. The summed E-state index contributed by atoms with van der Waals surface area (Å²) in [4.78, 5) is 0. The van der Waals surface area contributed by atoms with Crippen LogP contribution in [0.15, 0.2) is 24.8 Å². The molecule has 0 aromatic rings. The van der Waals surface area contributed by atoms with Crippen molar-refractivity contribution in [2.75, 3.05) is 0 Å². The minimum atomic E-state index is 1.50. The van der Waals surface area contributed by atoms with Gasteiger partial charge in [-0.1, -0.05) is 56.9 Å². The van der Waals surface area contributed by atoms with E-state index >= 15 is 0 Å². The van der Waals surface area contributed by atoms with Crippen molar-refractivity contribution in [1.29, 1.82) is 0 Å². The molecular weight excluding hydrogens is 120 g/mol. The minimum absolute atomic E-state index is 1.50. The van der Waals surface area contributed by atoms with E-state index in [1.54, 1.807) is 6.08 Å². The van der Waals surface area contributed by atoms with Gasteiger partial charge in [-0.25, -0.2) is 0 Å². The number of hydrogen-bond donors (Lipinski definition) is 0. The van der Waals surface area contributed by atoms with Crippen LogP contribution in [0.5, 0.6) is 0 Å². The highest BCUT2D eigenvalue weighted by molar-refractivity contribution is 4.94. The smallest absolute Gasteiger partial charge is 0.0467 e. The molecule has 0 heteroatoms. The highest BCUT2D eigenvalue weighted by atomic mass is 14.0. The third kappa shape index (κ3) is 7.48. The van der Waals surface area contributed by atoms with Crippen LogP contribution in [0, 0.1) is 0 Å². The van der Waals surface area contributed by atoms with Crippen molar-refractivity contribution >= 4 is 0 Å². The van der Waals surface area contributed by atoms with Crippen molar-refractivity contribution in [3.8, 4) is 0 Å². The molecule has 0 radical (unpaired) electrons. The lowest BCUT2D eigenvalue weighted by molar-refractivity contribution is 0.886. The van der Waals surface area contributed by atoms with Gasteiger partial charge in [-0.3, -0.25) is 0 Å². The molecule has 0 bridgehead atoms. The standard InChI is InChI=1S/C5H10.C5H8/c1-2-4-5-3-1;1-3-5-4-2/h1-5H2;3-5H,1H2,2H3. The molecule has 1 aliphatic carbocycles. The molecule has 0 spiro atoms. The summed E-state index contributed by atoms with van der Waals surface area (Å²) in [6.45, 7) is 5.42. The van der Waals surface area contributed by atoms with Crippen molar-refractivity contribution in [1.82, 2.24) is 0 Å². The molecule has 0 saturated heterocycles. The van der Waals surface area contributed by atoms with Crippen molar-refractivity contribution in [2.24, 2.45) is 0 Å². The second kappa shape index (κ2) is 8.48. The van der Waals surface area contributed by atoms with Gasteiger partial charge in [0.15, 0.2) is 0 Å². The van der Waals surface area contributed by atoms with Crippen molar-refractivity contribution in [3.63, 3.8) is 0 Å². The Bertz CT molecular complexity index is 78.6. The molecule has 0 unspecified atom stereocenters. The Morgan fingerprint density at radius 1 is 1.00 bits per heavy atom. The van der Waals surface area contributed by atoms with Crippen molar-refractivity contribution in [3.05, 3.63) is 24.8 Å². The fraction of sp³-hybridized carbons (Fsp3) is 0.600. The molecule has 0 N–H and O–H groups in total. The maximum absolute atomic E-state index is 3.46. The second-order valence-corrected chi connectivity index (χ2v) is 2.53. The van der Waals surface area contributed by atoms with Crippen molar-refractivity contribution in [2.45, 2.75) is 39.0 Å². The van der Waals surface area contributed by atoms with Gasteiger partial charge in [0.1, 0.15) is 0 Å². The zero-order chi connectivity index (χ0) is 7.66. The molecule has 0 amide bonds. The van der Waals surface area contributed by atoms with E-state index in [1.165, 1.54) is 32.1 Å². The average molecular weight is 138 g/mol. The van der Waals surface area contributed by atoms with E-state index in [4.69, 9.17) is 0 Å². The molecule has 0 aliphatic heterocycles. The normalized spacial score (nSPS) is 16.5. The summed E-state index contributed by atoms with van der Waals surface area (Å²) in [5.74, 6) is 0. The van der Waals surface area contributed by atoms with Gasteiger partial charge < -0.3 is 0 Å². The van der Waals surface area contributed by atoms with Gasteiger partial charge in [-0.15, -0.1) is 0 Å². The fourth-order valence-electron chi connectivity index (χ4n) is 1.02. The first-order valence-corrected chi connectivity index (χ1v) is 4.15. The Hall–Kier alpha value is -0.520. The van der Waals surface area contributed by atoms with Crippen LogP contribution in [0.25, 0.3) is 0 Å². The predicted octanol–water partition coefficient (Wildman–Crippen LogP) is 3.70. The summed E-state index contributed by atoms with van der Waals surface area (Å²) in [7, 11) is 0. The van der Waals surface area contributed by atoms with Crippen LogP contribution in [0.4, 0.5) is 0 Å². The molecule has 1 aliphatic rings. The van der Waals surface area contributed by atoms with E-state index in [2.05, 4.69) is 6.58 Å². The van der Waals surface area contributed by atoms with E-state index in [0.29, 0.717) is 0 Å². The Morgan fingerprint density at radius 3 is 1.50 bits per heavy atom. The lowest BCUT2D eigenvalue weighted by Crippen LogP contribution is -1.47. The maximum Gasteiger partial charge on any atom is -0.0467 e.